The van der Waals surface area contributed by atoms with Crippen LogP contribution >= 0.6 is 0 Å². The van der Waals surface area contributed by atoms with Gasteiger partial charge in [0.1, 0.15) is 6.54 Å². The van der Waals surface area contributed by atoms with Gasteiger partial charge in [-0.2, -0.15) is 0 Å². The maximum atomic E-state index is 11.5. The van der Waals surface area contributed by atoms with Gasteiger partial charge in [-0.25, -0.2) is 0 Å². The number of nitrogens with zero attached hydrogens (tertiary/aromatic N) is 1. The Bertz CT molecular complexity index is 401. The van der Waals surface area contributed by atoms with Gasteiger partial charge < -0.3 is 15.3 Å². The quantitative estimate of drug-likeness (QED) is 0.708. The number of carboxylic acid groups (broad SMARTS) is 1. The summed E-state index contributed by atoms with van der Waals surface area (Å²) in [6.45, 7) is 0.230. The van der Waals surface area contributed by atoms with Crippen molar-refractivity contribution in [1.82, 2.24) is 5.32 Å². The van der Waals surface area contributed by atoms with Gasteiger partial charge in [-0.05, 0) is 31.3 Å². The summed E-state index contributed by atoms with van der Waals surface area (Å²) in [7, 11) is 3.41. The maximum Gasteiger partial charge on any atom is 0.323 e. The number of Topliss-reactive ketones (excluding diaryl/α,β-unsaturated/α-hetero) is 1. The molecule has 0 aliphatic rings. The summed E-state index contributed by atoms with van der Waals surface area (Å²) in [6, 6.07) is 6.89. The minimum absolute atomic E-state index is 0.0138. The second-order valence-corrected chi connectivity index (χ2v) is 3.75. The molecule has 0 saturated carbocycles. The monoisotopic (exact) mass is 236 g/mol. The summed E-state index contributed by atoms with van der Waals surface area (Å²) in [5.74, 6) is -0.872. The van der Waals surface area contributed by atoms with Crippen LogP contribution in [0.2, 0.25) is 0 Å². The zero-order valence-corrected chi connectivity index (χ0v) is 9.93. The molecule has 1 aromatic rings. The first-order chi connectivity index (χ1) is 8.04. The molecule has 0 radical (unpaired) electrons. The number of benzene rings is 1. The SMILES string of the molecule is CNCC(=O)c1ccc(N(C)CC(=O)O)cc1. The van der Waals surface area contributed by atoms with Crippen molar-refractivity contribution in [2.45, 2.75) is 0 Å². The molecule has 5 heteroatoms. The molecule has 0 heterocycles. The van der Waals surface area contributed by atoms with Crippen LogP contribution in [0.25, 0.3) is 0 Å². The Hall–Kier alpha value is -1.88. The van der Waals surface area contributed by atoms with Crippen LogP contribution in [0, 0.1) is 0 Å². The van der Waals surface area contributed by atoms with Crippen molar-refractivity contribution in [2.75, 3.05) is 32.1 Å². The van der Waals surface area contributed by atoms with Gasteiger partial charge in [0, 0.05) is 18.3 Å². The number of ketones is 1. The average Bonchev–Trinajstić information content (AvgIpc) is 2.28. The summed E-state index contributed by atoms with van der Waals surface area (Å²) in [5, 5.41) is 11.4. The Morgan fingerprint density at radius 2 is 1.88 bits per heavy atom. The Labute approximate surface area is 100 Å². The molecule has 0 atom stereocenters. The smallest absolute Gasteiger partial charge is 0.323 e. The lowest BCUT2D eigenvalue weighted by Gasteiger charge is -2.16. The van der Waals surface area contributed by atoms with Crippen LogP contribution in [0.1, 0.15) is 10.4 Å². The summed E-state index contributed by atoms with van der Waals surface area (Å²) < 4.78 is 0. The zero-order chi connectivity index (χ0) is 12.8. The standard InChI is InChI=1S/C12H16N2O3/c1-13-7-11(15)9-3-5-10(6-4-9)14(2)8-12(16)17/h3-6,13H,7-8H2,1-2H3,(H,16,17). The molecule has 17 heavy (non-hydrogen) atoms. The number of carbonyl (C=O) groups is 2. The van der Waals surface area contributed by atoms with Gasteiger partial charge in [0.2, 0.25) is 0 Å². The third-order valence-corrected chi connectivity index (χ3v) is 2.34. The van der Waals surface area contributed by atoms with E-state index in [4.69, 9.17) is 5.11 Å². The van der Waals surface area contributed by atoms with Gasteiger partial charge >= 0.3 is 5.97 Å². The molecule has 1 aromatic carbocycles. The first kappa shape index (κ1) is 13.2. The number of carbonyl (C=O) groups excluding carboxylic acids is 1. The molecular weight excluding hydrogens is 220 g/mol. The summed E-state index contributed by atoms with van der Waals surface area (Å²) in [5.41, 5.74) is 1.39. The molecule has 0 aliphatic heterocycles. The largest absolute Gasteiger partial charge is 0.480 e. The predicted molar refractivity (Wildman–Crippen MR) is 65.6 cm³/mol. The van der Waals surface area contributed by atoms with Crippen molar-refractivity contribution in [3.05, 3.63) is 29.8 Å². The first-order valence-corrected chi connectivity index (χ1v) is 5.25. The minimum atomic E-state index is -0.886. The van der Waals surface area contributed by atoms with Crippen molar-refractivity contribution in [1.29, 1.82) is 0 Å². The molecule has 0 spiro atoms. The van der Waals surface area contributed by atoms with E-state index in [2.05, 4.69) is 5.32 Å². The number of hydrogen-bond acceptors (Lipinski definition) is 4. The van der Waals surface area contributed by atoms with Crippen LogP contribution in [-0.2, 0) is 4.79 Å². The lowest BCUT2D eigenvalue weighted by atomic mass is 10.1. The molecule has 5 nitrogen and oxygen atoms in total. The van der Waals surface area contributed by atoms with Gasteiger partial charge in [0.05, 0.1) is 6.54 Å². The highest BCUT2D eigenvalue weighted by Gasteiger charge is 2.07. The Morgan fingerprint density at radius 1 is 1.29 bits per heavy atom. The van der Waals surface area contributed by atoms with Crippen LogP contribution in [0.15, 0.2) is 24.3 Å². The second-order valence-electron chi connectivity index (χ2n) is 3.75. The minimum Gasteiger partial charge on any atom is -0.480 e. The molecule has 2 N–H and O–H groups in total. The summed E-state index contributed by atoms with van der Waals surface area (Å²) in [6.07, 6.45) is 0. The highest BCUT2D eigenvalue weighted by Crippen LogP contribution is 2.13. The molecule has 0 aromatic heterocycles. The molecule has 92 valence electrons. The number of aliphatic carboxylic acids is 1. The number of nitrogens with one attached hydrogen (secondary N) is 1. The van der Waals surface area contributed by atoms with Gasteiger partial charge in [-0.15, -0.1) is 0 Å². The van der Waals surface area contributed by atoms with E-state index in [0.717, 1.165) is 5.69 Å². The van der Waals surface area contributed by atoms with E-state index in [1.165, 1.54) is 0 Å². The fraction of sp³-hybridized carbons (Fsp3) is 0.333. The summed E-state index contributed by atoms with van der Waals surface area (Å²) >= 11 is 0. The van der Waals surface area contributed by atoms with Crippen molar-refractivity contribution in [2.24, 2.45) is 0 Å². The van der Waals surface area contributed by atoms with E-state index in [1.54, 1.807) is 43.3 Å². The third-order valence-electron chi connectivity index (χ3n) is 2.34. The van der Waals surface area contributed by atoms with Crippen LogP contribution < -0.4 is 10.2 Å². The van der Waals surface area contributed by atoms with E-state index in [9.17, 15) is 9.59 Å². The number of carboxylic acids is 1. The van der Waals surface area contributed by atoms with Crippen molar-refractivity contribution in [3.63, 3.8) is 0 Å². The normalized spacial score (nSPS) is 10.0. The zero-order valence-electron chi connectivity index (χ0n) is 9.93. The van der Waals surface area contributed by atoms with Crippen molar-refractivity contribution < 1.29 is 14.7 Å². The second kappa shape index (κ2) is 6.00. The highest BCUT2D eigenvalue weighted by atomic mass is 16.4. The number of anilines is 1. The predicted octanol–water partition coefficient (Wildman–Crippen LogP) is 0.609. The Kier molecular flexibility index (Phi) is 4.66. The average molecular weight is 236 g/mol. The molecule has 0 amide bonds. The lowest BCUT2D eigenvalue weighted by Crippen LogP contribution is -2.25. The van der Waals surface area contributed by atoms with Crippen molar-refractivity contribution in [3.8, 4) is 0 Å². The molecule has 0 aliphatic carbocycles. The van der Waals surface area contributed by atoms with E-state index < -0.39 is 5.97 Å². The lowest BCUT2D eigenvalue weighted by molar-refractivity contribution is -0.135. The van der Waals surface area contributed by atoms with E-state index in [-0.39, 0.29) is 12.3 Å². The molecular formula is C12H16N2O3. The van der Waals surface area contributed by atoms with Crippen LogP contribution in [-0.4, -0.2) is 44.0 Å². The molecule has 0 saturated heterocycles. The number of rotatable bonds is 6. The Balaban J connectivity index is 2.73. The van der Waals surface area contributed by atoms with Gasteiger partial charge in [0.15, 0.2) is 5.78 Å². The molecule has 0 unspecified atom stereocenters. The fourth-order valence-electron chi connectivity index (χ4n) is 1.46. The van der Waals surface area contributed by atoms with E-state index >= 15 is 0 Å². The Morgan fingerprint density at radius 3 is 2.35 bits per heavy atom. The summed E-state index contributed by atoms with van der Waals surface area (Å²) in [4.78, 5) is 23.7. The van der Waals surface area contributed by atoms with Crippen LogP contribution in [0.5, 0.6) is 0 Å². The molecule has 1 rings (SSSR count). The topological polar surface area (TPSA) is 69.6 Å². The maximum absolute atomic E-state index is 11.5. The first-order valence-electron chi connectivity index (χ1n) is 5.25. The molecule has 0 bridgehead atoms. The van der Waals surface area contributed by atoms with Gasteiger partial charge in [0.25, 0.3) is 0 Å². The van der Waals surface area contributed by atoms with Crippen LogP contribution in [0.4, 0.5) is 5.69 Å². The molecule has 0 fully saturated rings. The number of likely N-dealkylation sites (N-methyl/N-ethyl adjacent to an activating group) is 2. The van der Waals surface area contributed by atoms with E-state index in [0.29, 0.717) is 12.1 Å². The van der Waals surface area contributed by atoms with Crippen molar-refractivity contribution >= 4 is 17.4 Å². The van der Waals surface area contributed by atoms with Crippen LogP contribution in [0.3, 0.4) is 0 Å². The van der Waals surface area contributed by atoms with E-state index in [1.807, 2.05) is 0 Å². The number of hydrogen-bond donors (Lipinski definition) is 2. The highest BCUT2D eigenvalue weighted by molar-refractivity contribution is 5.97. The third kappa shape index (κ3) is 3.88. The van der Waals surface area contributed by atoms with Gasteiger partial charge in [-0.3, -0.25) is 9.59 Å². The van der Waals surface area contributed by atoms with Gasteiger partial charge in [-0.1, -0.05) is 0 Å². The fourth-order valence-corrected chi connectivity index (χ4v) is 1.46.